The Hall–Kier alpha value is -0.910. The van der Waals surface area contributed by atoms with Gasteiger partial charge in [0.2, 0.25) is 0 Å². The monoisotopic (exact) mass is 211 g/mol. The van der Waals surface area contributed by atoms with Crippen molar-refractivity contribution in [3.8, 4) is 0 Å². The van der Waals surface area contributed by atoms with E-state index >= 15 is 0 Å². The third kappa shape index (κ3) is 2.37. The number of aromatic amines is 1. The molecule has 1 aliphatic heterocycles. The maximum atomic E-state index is 10.2. The Kier molecular flexibility index (Phi) is 3.04. The summed E-state index contributed by atoms with van der Waals surface area (Å²) in [4.78, 5) is 0. The summed E-state index contributed by atoms with van der Waals surface area (Å²) in [7, 11) is 0. The number of hydrogen-bond acceptors (Lipinski definition) is 4. The van der Waals surface area contributed by atoms with E-state index in [0.29, 0.717) is 26.1 Å². The highest BCUT2D eigenvalue weighted by Crippen LogP contribution is 2.24. The van der Waals surface area contributed by atoms with Crippen molar-refractivity contribution in [2.75, 3.05) is 13.2 Å². The van der Waals surface area contributed by atoms with E-state index in [2.05, 4.69) is 15.5 Å². The van der Waals surface area contributed by atoms with E-state index in [4.69, 9.17) is 4.74 Å². The normalized spacial score (nSPS) is 30.9. The lowest BCUT2D eigenvalue weighted by molar-refractivity contribution is -0.0263. The average molecular weight is 211 g/mol. The highest BCUT2D eigenvalue weighted by Gasteiger charge is 2.38. The molecule has 1 aromatic rings. The Balaban J connectivity index is 1.78. The van der Waals surface area contributed by atoms with Gasteiger partial charge >= 0.3 is 0 Å². The van der Waals surface area contributed by atoms with Gasteiger partial charge in [-0.15, -0.1) is 0 Å². The van der Waals surface area contributed by atoms with Crippen LogP contribution in [0.25, 0.3) is 0 Å². The smallest absolute Gasteiger partial charge is 0.105 e. The molecule has 84 valence electrons. The number of nitrogens with zero attached hydrogens (tertiary/aromatic N) is 1. The van der Waals surface area contributed by atoms with Crippen molar-refractivity contribution in [2.24, 2.45) is 0 Å². The summed E-state index contributed by atoms with van der Waals surface area (Å²) in [5.74, 6) is 0. The molecule has 2 unspecified atom stereocenters. The fourth-order valence-corrected chi connectivity index (χ4v) is 1.80. The second kappa shape index (κ2) is 4.30. The van der Waals surface area contributed by atoms with Crippen LogP contribution in [0, 0.1) is 0 Å². The number of H-pyrrole nitrogens is 1. The van der Waals surface area contributed by atoms with Gasteiger partial charge in [-0.2, -0.15) is 5.10 Å². The molecule has 0 spiro atoms. The summed E-state index contributed by atoms with van der Waals surface area (Å²) in [6.45, 7) is 3.79. The fourth-order valence-electron chi connectivity index (χ4n) is 1.80. The third-order valence-electron chi connectivity index (χ3n) is 2.96. The first-order valence-corrected chi connectivity index (χ1v) is 5.24. The van der Waals surface area contributed by atoms with Crippen LogP contribution in [-0.2, 0) is 11.3 Å². The molecule has 2 heterocycles. The van der Waals surface area contributed by atoms with E-state index in [1.54, 1.807) is 6.20 Å². The van der Waals surface area contributed by atoms with E-state index in [-0.39, 0.29) is 6.10 Å². The lowest BCUT2D eigenvalue weighted by Gasteiger charge is -2.26. The zero-order chi connectivity index (χ0) is 10.7. The van der Waals surface area contributed by atoms with Crippen molar-refractivity contribution in [1.82, 2.24) is 15.5 Å². The predicted octanol–water partition coefficient (Wildman–Crippen LogP) is 0.0392. The number of nitrogens with one attached hydrogen (secondary N) is 2. The first kappa shape index (κ1) is 10.6. The SMILES string of the molecule is CC1OCCC1(O)CNCc1ccn[nH]1. The van der Waals surface area contributed by atoms with Crippen molar-refractivity contribution in [2.45, 2.75) is 31.6 Å². The van der Waals surface area contributed by atoms with Crippen molar-refractivity contribution >= 4 is 0 Å². The summed E-state index contributed by atoms with van der Waals surface area (Å²) in [5.41, 5.74) is 0.296. The minimum atomic E-state index is -0.722. The van der Waals surface area contributed by atoms with E-state index in [1.807, 2.05) is 13.0 Å². The molecular formula is C10H17N3O2. The first-order valence-electron chi connectivity index (χ1n) is 5.24. The first-order chi connectivity index (χ1) is 7.21. The Morgan fingerprint density at radius 2 is 2.67 bits per heavy atom. The summed E-state index contributed by atoms with van der Waals surface area (Å²) in [6, 6.07) is 1.91. The Morgan fingerprint density at radius 1 is 1.80 bits per heavy atom. The minimum Gasteiger partial charge on any atom is -0.386 e. The molecule has 2 atom stereocenters. The number of hydrogen-bond donors (Lipinski definition) is 3. The number of aliphatic hydroxyl groups is 1. The molecule has 1 saturated heterocycles. The molecule has 1 aromatic heterocycles. The molecule has 5 heteroatoms. The van der Waals surface area contributed by atoms with Crippen molar-refractivity contribution < 1.29 is 9.84 Å². The summed E-state index contributed by atoms with van der Waals surface area (Å²) >= 11 is 0. The van der Waals surface area contributed by atoms with Gasteiger partial charge in [0.1, 0.15) is 5.60 Å². The second-order valence-corrected chi connectivity index (χ2v) is 4.05. The van der Waals surface area contributed by atoms with Gasteiger partial charge in [-0.25, -0.2) is 0 Å². The zero-order valence-corrected chi connectivity index (χ0v) is 8.86. The lowest BCUT2D eigenvalue weighted by atomic mass is 9.97. The standard InChI is InChI=1S/C10H17N3O2/c1-8-10(14,3-5-15-8)7-11-6-9-2-4-12-13-9/h2,4,8,11,14H,3,5-7H2,1H3,(H,12,13). The van der Waals surface area contributed by atoms with Gasteiger partial charge in [-0.3, -0.25) is 5.10 Å². The van der Waals surface area contributed by atoms with Gasteiger partial charge in [0, 0.05) is 38.0 Å². The Bertz CT molecular complexity index is 302. The quantitative estimate of drug-likeness (QED) is 0.657. The van der Waals surface area contributed by atoms with Crippen LogP contribution in [0.15, 0.2) is 12.3 Å². The van der Waals surface area contributed by atoms with Crippen molar-refractivity contribution in [1.29, 1.82) is 0 Å². The molecule has 5 nitrogen and oxygen atoms in total. The van der Waals surface area contributed by atoms with Crippen LogP contribution in [0.3, 0.4) is 0 Å². The number of rotatable bonds is 4. The third-order valence-corrected chi connectivity index (χ3v) is 2.96. The van der Waals surface area contributed by atoms with Crippen LogP contribution in [0.2, 0.25) is 0 Å². The summed E-state index contributed by atoms with van der Waals surface area (Å²) in [5, 5.41) is 20.1. The maximum Gasteiger partial charge on any atom is 0.105 e. The van der Waals surface area contributed by atoms with E-state index in [9.17, 15) is 5.11 Å². The Morgan fingerprint density at radius 3 is 3.27 bits per heavy atom. The van der Waals surface area contributed by atoms with Gasteiger partial charge in [0.15, 0.2) is 0 Å². The molecule has 1 fully saturated rings. The van der Waals surface area contributed by atoms with Gasteiger partial charge in [-0.05, 0) is 13.0 Å². The molecule has 0 amide bonds. The summed E-state index contributed by atoms with van der Waals surface area (Å²) < 4.78 is 5.35. The largest absolute Gasteiger partial charge is 0.386 e. The highest BCUT2D eigenvalue weighted by atomic mass is 16.5. The van der Waals surface area contributed by atoms with Gasteiger partial charge in [0.25, 0.3) is 0 Å². The van der Waals surface area contributed by atoms with E-state index in [0.717, 1.165) is 5.69 Å². The fraction of sp³-hybridized carbons (Fsp3) is 0.700. The highest BCUT2D eigenvalue weighted by molar-refractivity contribution is 4.98. The molecule has 0 bridgehead atoms. The van der Waals surface area contributed by atoms with Crippen LogP contribution >= 0.6 is 0 Å². The molecule has 2 rings (SSSR count). The molecule has 3 N–H and O–H groups in total. The summed E-state index contributed by atoms with van der Waals surface area (Å²) in [6.07, 6.45) is 2.32. The van der Waals surface area contributed by atoms with E-state index < -0.39 is 5.60 Å². The Labute approximate surface area is 88.8 Å². The topological polar surface area (TPSA) is 70.2 Å². The van der Waals surface area contributed by atoms with Crippen LogP contribution in [0.1, 0.15) is 19.0 Å². The predicted molar refractivity (Wildman–Crippen MR) is 55.3 cm³/mol. The maximum absolute atomic E-state index is 10.2. The molecular weight excluding hydrogens is 194 g/mol. The van der Waals surface area contributed by atoms with Gasteiger partial charge in [0.05, 0.1) is 6.10 Å². The van der Waals surface area contributed by atoms with Crippen molar-refractivity contribution in [3.05, 3.63) is 18.0 Å². The average Bonchev–Trinajstić information content (AvgIpc) is 2.79. The molecule has 1 aliphatic rings. The van der Waals surface area contributed by atoms with Gasteiger partial charge in [-0.1, -0.05) is 0 Å². The molecule has 0 radical (unpaired) electrons. The number of ether oxygens (including phenoxy) is 1. The minimum absolute atomic E-state index is 0.0910. The zero-order valence-electron chi connectivity index (χ0n) is 8.86. The second-order valence-electron chi connectivity index (χ2n) is 4.05. The molecule has 0 aromatic carbocycles. The van der Waals surface area contributed by atoms with Gasteiger partial charge < -0.3 is 15.2 Å². The van der Waals surface area contributed by atoms with Crippen LogP contribution in [0.5, 0.6) is 0 Å². The van der Waals surface area contributed by atoms with Crippen LogP contribution in [-0.4, -0.2) is 40.2 Å². The molecule has 0 saturated carbocycles. The lowest BCUT2D eigenvalue weighted by Crippen LogP contribution is -2.45. The number of aromatic nitrogens is 2. The van der Waals surface area contributed by atoms with Crippen LogP contribution < -0.4 is 5.32 Å². The molecule has 0 aliphatic carbocycles. The van der Waals surface area contributed by atoms with E-state index in [1.165, 1.54) is 0 Å². The van der Waals surface area contributed by atoms with Crippen molar-refractivity contribution in [3.63, 3.8) is 0 Å². The molecule has 15 heavy (non-hydrogen) atoms. The van der Waals surface area contributed by atoms with Crippen LogP contribution in [0.4, 0.5) is 0 Å².